The van der Waals surface area contributed by atoms with Gasteiger partial charge in [-0.05, 0) is 30.5 Å². The first kappa shape index (κ1) is 20.1. The molecule has 10 heteroatoms. The lowest BCUT2D eigenvalue weighted by Gasteiger charge is -2.39. The van der Waals surface area contributed by atoms with E-state index in [9.17, 15) is 13.2 Å². The van der Waals surface area contributed by atoms with Gasteiger partial charge in [-0.2, -0.15) is 18.4 Å². The first-order valence-corrected chi connectivity index (χ1v) is 9.57. The standard InChI is InChI=1S/C20H20F3N7/c1-12-7-13(11-30(10-12)17(8-24)20(21,22)23)28-18-14(3-2-5-25-18)16-9-27-19-15(29-16)4-6-26-19/h2-6,9,12-13,17H,7,10-11H2,1H3,(H,25,28)(H,26,27)/t12-,13-,17?/m0/s1. The van der Waals surface area contributed by atoms with Gasteiger partial charge in [0.15, 0.2) is 11.7 Å². The summed E-state index contributed by atoms with van der Waals surface area (Å²) in [5.74, 6) is 0.527. The van der Waals surface area contributed by atoms with E-state index in [-0.39, 0.29) is 25.0 Å². The van der Waals surface area contributed by atoms with E-state index in [1.54, 1.807) is 24.7 Å². The van der Waals surface area contributed by atoms with Crippen molar-refractivity contribution in [2.24, 2.45) is 5.92 Å². The minimum atomic E-state index is -4.59. The number of hydrogen-bond acceptors (Lipinski definition) is 6. The topological polar surface area (TPSA) is 93.5 Å². The van der Waals surface area contributed by atoms with Crippen molar-refractivity contribution >= 4 is 17.0 Å². The van der Waals surface area contributed by atoms with Crippen LogP contribution in [0.25, 0.3) is 22.4 Å². The molecule has 1 saturated heterocycles. The minimum absolute atomic E-state index is 0.00221. The Kier molecular flexibility index (Phi) is 5.30. The van der Waals surface area contributed by atoms with E-state index >= 15 is 0 Å². The van der Waals surface area contributed by atoms with Gasteiger partial charge in [0, 0.05) is 37.1 Å². The van der Waals surface area contributed by atoms with Crippen LogP contribution in [0.3, 0.4) is 0 Å². The summed E-state index contributed by atoms with van der Waals surface area (Å²) in [5.41, 5.74) is 2.71. The molecule has 0 aromatic carbocycles. The number of likely N-dealkylation sites (tertiary alicyclic amines) is 1. The first-order valence-electron chi connectivity index (χ1n) is 9.57. The zero-order valence-electron chi connectivity index (χ0n) is 16.2. The summed E-state index contributed by atoms with van der Waals surface area (Å²) in [6, 6.07) is 4.43. The summed E-state index contributed by atoms with van der Waals surface area (Å²) in [5, 5.41) is 12.4. The molecule has 3 atom stereocenters. The van der Waals surface area contributed by atoms with Crippen molar-refractivity contribution in [3.8, 4) is 17.3 Å². The number of alkyl halides is 3. The number of hydrogen-bond donors (Lipinski definition) is 2. The number of nitriles is 1. The van der Waals surface area contributed by atoms with Crippen molar-refractivity contribution in [3.05, 3.63) is 36.8 Å². The fourth-order valence-electron chi connectivity index (χ4n) is 3.95. The molecule has 4 rings (SSSR count). The fraction of sp³-hybridized carbons (Fsp3) is 0.400. The number of anilines is 1. The second-order valence-electron chi connectivity index (χ2n) is 7.58. The number of piperidine rings is 1. The van der Waals surface area contributed by atoms with Gasteiger partial charge in [-0.25, -0.2) is 15.0 Å². The maximum absolute atomic E-state index is 13.3. The molecule has 0 amide bonds. The molecule has 1 aliphatic heterocycles. The van der Waals surface area contributed by atoms with Gasteiger partial charge < -0.3 is 10.3 Å². The van der Waals surface area contributed by atoms with E-state index in [1.165, 1.54) is 11.0 Å². The van der Waals surface area contributed by atoms with Crippen LogP contribution in [0.15, 0.2) is 36.8 Å². The van der Waals surface area contributed by atoms with E-state index < -0.39 is 12.2 Å². The summed E-state index contributed by atoms with van der Waals surface area (Å²) >= 11 is 0. The highest BCUT2D eigenvalue weighted by Gasteiger charge is 2.46. The quantitative estimate of drug-likeness (QED) is 0.676. The molecule has 2 N–H and O–H groups in total. The molecule has 156 valence electrons. The summed E-state index contributed by atoms with van der Waals surface area (Å²) in [6.45, 7) is 2.21. The van der Waals surface area contributed by atoms with E-state index in [4.69, 9.17) is 5.26 Å². The number of fused-ring (bicyclic) bond motifs is 1. The van der Waals surface area contributed by atoms with Crippen molar-refractivity contribution < 1.29 is 13.2 Å². The summed E-state index contributed by atoms with van der Waals surface area (Å²) in [6.07, 6.45) is 1.08. The molecule has 1 aliphatic rings. The molecule has 0 bridgehead atoms. The third kappa shape index (κ3) is 4.07. The third-order valence-corrected chi connectivity index (χ3v) is 5.17. The highest BCUT2D eigenvalue weighted by Crippen LogP contribution is 2.31. The Labute approximate surface area is 171 Å². The fourth-order valence-corrected chi connectivity index (χ4v) is 3.95. The van der Waals surface area contributed by atoms with Crippen molar-refractivity contribution in [3.63, 3.8) is 0 Å². The summed E-state index contributed by atoms with van der Waals surface area (Å²) < 4.78 is 39.8. The molecule has 3 aromatic heterocycles. The number of aromatic nitrogens is 4. The summed E-state index contributed by atoms with van der Waals surface area (Å²) in [4.78, 5) is 17.5. The van der Waals surface area contributed by atoms with Crippen molar-refractivity contribution in [1.29, 1.82) is 5.26 Å². The van der Waals surface area contributed by atoms with Crippen LogP contribution < -0.4 is 5.32 Å². The predicted octanol–water partition coefficient (Wildman–Crippen LogP) is 3.60. The van der Waals surface area contributed by atoms with Crippen LogP contribution >= 0.6 is 0 Å². The van der Waals surface area contributed by atoms with Crippen LogP contribution in [-0.4, -0.2) is 56.2 Å². The zero-order chi connectivity index (χ0) is 21.3. The molecular formula is C20H20F3N7. The Hall–Kier alpha value is -3.19. The Balaban J connectivity index is 1.59. The smallest absolute Gasteiger partial charge is 0.365 e. The van der Waals surface area contributed by atoms with E-state index in [2.05, 4.69) is 25.3 Å². The Morgan fingerprint density at radius 3 is 2.90 bits per heavy atom. The van der Waals surface area contributed by atoms with Gasteiger partial charge in [-0.1, -0.05) is 6.92 Å². The molecule has 0 spiro atoms. The molecule has 1 fully saturated rings. The monoisotopic (exact) mass is 415 g/mol. The second kappa shape index (κ2) is 7.91. The van der Waals surface area contributed by atoms with Gasteiger partial charge in [0.25, 0.3) is 0 Å². The van der Waals surface area contributed by atoms with Gasteiger partial charge >= 0.3 is 6.18 Å². The van der Waals surface area contributed by atoms with Gasteiger partial charge in [0.05, 0.1) is 18.0 Å². The van der Waals surface area contributed by atoms with E-state index in [1.807, 2.05) is 19.1 Å². The van der Waals surface area contributed by atoms with E-state index in [0.717, 1.165) is 0 Å². The van der Waals surface area contributed by atoms with Crippen LogP contribution in [0.4, 0.5) is 19.0 Å². The highest BCUT2D eigenvalue weighted by atomic mass is 19.4. The van der Waals surface area contributed by atoms with Crippen LogP contribution in [-0.2, 0) is 0 Å². The molecule has 0 radical (unpaired) electrons. The van der Waals surface area contributed by atoms with E-state index in [0.29, 0.717) is 34.7 Å². The summed E-state index contributed by atoms with van der Waals surface area (Å²) in [7, 11) is 0. The van der Waals surface area contributed by atoms with Gasteiger partial charge in [-0.3, -0.25) is 4.90 Å². The Morgan fingerprint density at radius 1 is 1.30 bits per heavy atom. The number of aromatic amines is 1. The molecule has 0 aliphatic carbocycles. The number of pyridine rings is 1. The largest absolute Gasteiger partial charge is 0.417 e. The lowest BCUT2D eigenvalue weighted by atomic mass is 9.94. The Bertz CT molecular complexity index is 1070. The van der Waals surface area contributed by atoms with Crippen molar-refractivity contribution in [1.82, 2.24) is 24.8 Å². The highest BCUT2D eigenvalue weighted by molar-refractivity contribution is 5.78. The third-order valence-electron chi connectivity index (χ3n) is 5.17. The first-order chi connectivity index (χ1) is 14.3. The molecule has 4 heterocycles. The average molecular weight is 415 g/mol. The lowest BCUT2D eigenvalue weighted by molar-refractivity contribution is -0.172. The zero-order valence-corrected chi connectivity index (χ0v) is 16.2. The van der Waals surface area contributed by atoms with Crippen LogP contribution in [0, 0.1) is 17.2 Å². The predicted molar refractivity (Wildman–Crippen MR) is 105 cm³/mol. The molecular weight excluding hydrogens is 395 g/mol. The minimum Gasteiger partial charge on any atom is -0.365 e. The SMILES string of the molecule is C[C@H]1C[C@H](Nc2ncccc2-c2cnc3[nH]ccc3n2)CN(C(C#N)C(F)(F)F)C1. The molecule has 3 aromatic rings. The van der Waals surface area contributed by atoms with Gasteiger partial charge in [0.2, 0.25) is 0 Å². The number of rotatable bonds is 4. The maximum Gasteiger partial charge on any atom is 0.417 e. The Morgan fingerprint density at radius 2 is 2.13 bits per heavy atom. The molecule has 30 heavy (non-hydrogen) atoms. The van der Waals surface area contributed by atoms with Gasteiger partial charge in [-0.15, -0.1) is 0 Å². The molecule has 0 saturated carbocycles. The normalized spacial score (nSPS) is 21.3. The number of nitrogens with zero attached hydrogens (tertiary/aromatic N) is 5. The average Bonchev–Trinajstić information content (AvgIpc) is 3.15. The van der Waals surface area contributed by atoms with Crippen LogP contribution in [0.5, 0.6) is 0 Å². The number of nitrogens with one attached hydrogen (secondary N) is 2. The van der Waals surface area contributed by atoms with Crippen LogP contribution in [0.2, 0.25) is 0 Å². The van der Waals surface area contributed by atoms with Gasteiger partial charge in [0.1, 0.15) is 11.3 Å². The van der Waals surface area contributed by atoms with Crippen molar-refractivity contribution in [2.75, 3.05) is 18.4 Å². The second-order valence-corrected chi connectivity index (χ2v) is 7.58. The molecule has 1 unspecified atom stereocenters. The van der Waals surface area contributed by atoms with Crippen molar-refractivity contribution in [2.45, 2.75) is 31.6 Å². The van der Waals surface area contributed by atoms with Crippen LogP contribution in [0.1, 0.15) is 13.3 Å². The number of halogens is 3. The maximum atomic E-state index is 13.3. The molecule has 7 nitrogen and oxygen atoms in total. The lowest BCUT2D eigenvalue weighted by Crippen LogP contribution is -2.54. The number of H-pyrrole nitrogens is 1.